The minimum absolute atomic E-state index is 0.197. The van der Waals surface area contributed by atoms with Gasteiger partial charge in [0.2, 0.25) is 0 Å². The summed E-state index contributed by atoms with van der Waals surface area (Å²) in [5.74, 6) is -0.452. The summed E-state index contributed by atoms with van der Waals surface area (Å²) < 4.78 is 5.16. The molecule has 1 N–H and O–H groups in total. The van der Waals surface area contributed by atoms with Crippen LogP contribution in [0.25, 0.3) is 10.8 Å². The molecular formula is C22H26O3. The second-order valence-electron chi connectivity index (χ2n) is 6.45. The van der Waals surface area contributed by atoms with Gasteiger partial charge in [-0.25, -0.2) is 0 Å². The number of carbonyl (C=O) groups excluding carboxylic acids is 1. The van der Waals surface area contributed by atoms with E-state index in [-0.39, 0.29) is 18.3 Å². The van der Waals surface area contributed by atoms with Crippen molar-refractivity contribution in [2.24, 2.45) is 5.92 Å². The van der Waals surface area contributed by atoms with E-state index in [1.807, 2.05) is 62.4 Å². The second-order valence-corrected chi connectivity index (χ2v) is 6.45. The van der Waals surface area contributed by atoms with Crippen LogP contribution in [0.3, 0.4) is 0 Å². The molecular weight excluding hydrogens is 312 g/mol. The monoisotopic (exact) mass is 338 g/mol. The van der Waals surface area contributed by atoms with Crippen LogP contribution in [0.2, 0.25) is 0 Å². The molecule has 0 spiro atoms. The zero-order valence-corrected chi connectivity index (χ0v) is 14.9. The predicted molar refractivity (Wildman–Crippen MR) is 102 cm³/mol. The number of benzene rings is 2. The molecule has 132 valence electrons. The molecule has 0 heterocycles. The van der Waals surface area contributed by atoms with Gasteiger partial charge in [-0.3, -0.25) is 4.79 Å². The van der Waals surface area contributed by atoms with E-state index in [0.717, 1.165) is 21.9 Å². The molecule has 2 aromatic rings. The number of aliphatic hydroxyl groups is 1. The molecule has 0 aliphatic heterocycles. The van der Waals surface area contributed by atoms with Crippen LogP contribution in [0, 0.1) is 5.92 Å². The van der Waals surface area contributed by atoms with Crippen LogP contribution in [0.15, 0.2) is 66.8 Å². The summed E-state index contributed by atoms with van der Waals surface area (Å²) in [6.45, 7) is 8.03. The lowest BCUT2D eigenvalue weighted by molar-refractivity contribution is -0.142. The first-order chi connectivity index (χ1) is 12.0. The maximum atomic E-state index is 11.8. The lowest BCUT2D eigenvalue weighted by Gasteiger charge is -2.20. The summed E-state index contributed by atoms with van der Waals surface area (Å²) >= 11 is 0. The molecule has 0 fully saturated rings. The SMILES string of the molecule is C=C[C@@H](CCC(=O)OCC=C(C)C)[C@@H](O)c1ccc2ccccc2c1. The zero-order valence-electron chi connectivity index (χ0n) is 14.9. The molecule has 25 heavy (non-hydrogen) atoms. The topological polar surface area (TPSA) is 46.5 Å². The summed E-state index contributed by atoms with van der Waals surface area (Å²) in [5, 5.41) is 12.9. The molecule has 0 aliphatic rings. The average molecular weight is 338 g/mol. The van der Waals surface area contributed by atoms with Crippen LogP contribution < -0.4 is 0 Å². The van der Waals surface area contributed by atoms with Gasteiger partial charge in [-0.15, -0.1) is 6.58 Å². The van der Waals surface area contributed by atoms with Gasteiger partial charge in [-0.05, 0) is 48.7 Å². The van der Waals surface area contributed by atoms with Gasteiger partial charge in [0.05, 0.1) is 6.10 Å². The zero-order chi connectivity index (χ0) is 18.2. The van der Waals surface area contributed by atoms with Crippen molar-refractivity contribution in [3.05, 3.63) is 72.3 Å². The summed E-state index contributed by atoms with van der Waals surface area (Å²) in [6, 6.07) is 14.0. The van der Waals surface area contributed by atoms with E-state index < -0.39 is 6.10 Å². The number of esters is 1. The number of hydrogen-bond donors (Lipinski definition) is 1. The summed E-state index contributed by atoms with van der Waals surface area (Å²) in [6.07, 6.45) is 3.66. The standard InChI is InChI=1S/C22H26O3/c1-4-17(11-12-21(23)25-14-13-16(2)3)22(24)20-10-9-18-7-5-6-8-19(18)15-20/h4-10,13,15,17,22,24H,1,11-12,14H2,2-3H3/t17-,22+/m0/s1. The Morgan fingerprint density at radius 1 is 1.20 bits per heavy atom. The van der Waals surface area contributed by atoms with Crippen LogP contribution in [0.5, 0.6) is 0 Å². The highest BCUT2D eigenvalue weighted by Gasteiger charge is 2.19. The first-order valence-corrected chi connectivity index (χ1v) is 8.59. The van der Waals surface area contributed by atoms with E-state index in [1.54, 1.807) is 6.08 Å². The Morgan fingerprint density at radius 2 is 1.92 bits per heavy atom. The first-order valence-electron chi connectivity index (χ1n) is 8.59. The van der Waals surface area contributed by atoms with Crippen molar-refractivity contribution in [3.8, 4) is 0 Å². The number of rotatable bonds is 8. The fraction of sp³-hybridized carbons (Fsp3) is 0.318. The summed E-state index contributed by atoms with van der Waals surface area (Å²) in [5.41, 5.74) is 1.95. The number of allylic oxidation sites excluding steroid dienone is 1. The molecule has 2 aromatic carbocycles. The summed E-state index contributed by atoms with van der Waals surface area (Å²) in [7, 11) is 0. The van der Waals surface area contributed by atoms with E-state index in [9.17, 15) is 9.90 Å². The Bertz CT molecular complexity index is 757. The molecule has 0 saturated heterocycles. The largest absolute Gasteiger partial charge is 0.461 e. The number of fused-ring (bicyclic) bond motifs is 1. The Kier molecular flexibility index (Phi) is 6.96. The lowest BCUT2D eigenvalue weighted by Crippen LogP contribution is -2.13. The Hall–Kier alpha value is -2.39. The number of ether oxygens (including phenoxy) is 1. The molecule has 2 rings (SSSR count). The number of aliphatic hydroxyl groups excluding tert-OH is 1. The smallest absolute Gasteiger partial charge is 0.306 e. The Morgan fingerprint density at radius 3 is 2.60 bits per heavy atom. The molecule has 3 heteroatoms. The highest BCUT2D eigenvalue weighted by Crippen LogP contribution is 2.29. The van der Waals surface area contributed by atoms with Gasteiger partial charge in [0.1, 0.15) is 6.61 Å². The molecule has 0 aliphatic carbocycles. The molecule has 0 unspecified atom stereocenters. The van der Waals surface area contributed by atoms with Crippen molar-refractivity contribution < 1.29 is 14.6 Å². The van der Waals surface area contributed by atoms with Gasteiger partial charge in [-0.1, -0.05) is 48.0 Å². The van der Waals surface area contributed by atoms with Crippen molar-refractivity contribution in [2.45, 2.75) is 32.8 Å². The molecule has 0 radical (unpaired) electrons. The number of carbonyl (C=O) groups is 1. The van der Waals surface area contributed by atoms with Gasteiger partial charge >= 0.3 is 5.97 Å². The van der Waals surface area contributed by atoms with Crippen molar-refractivity contribution in [3.63, 3.8) is 0 Å². The average Bonchev–Trinajstić information content (AvgIpc) is 2.61. The number of hydrogen-bond acceptors (Lipinski definition) is 3. The fourth-order valence-electron chi connectivity index (χ4n) is 2.70. The van der Waals surface area contributed by atoms with Crippen molar-refractivity contribution in [2.75, 3.05) is 6.61 Å². The minimum Gasteiger partial charge on any atom is -0.461 e. The normalized spacial score (nSPS) is 13.1. The third-order valence-corrected chi connectivity index (χ3v) is 4.24. The maximum Gasteiger partial charge on any atom is 0.306 e. The van der Waals surface area contributed by atoms with E-state index in [0.29, 0.717) is 13.0 Å². The van der Waals surface area contributed by atoms with Crippen LogP contribution in [0.1, 0.15) is 38.4 Å². The van der Waals surface area contributed by atoms with Crippen LogP contribution >= 0.6 is 0 Å². The summed E-state index contributed by atoms with van der Waals surface area (Å²) in [4.78, 5) is 11.8. The van der Waals surface area contributed by atoms with Crippen molar-refractivity contribution >= 4 is 16.7 Å². The third kappa shape index (κ3) is 5.57. The van der Waals surface area contributed by atoms with Gasteiger partial charge in [0, 0.05) is 12.3 Å². The fourth-order valence-corrected chi connectivity index (χ4v) is 2.70. The highest BCUT2D eigenvalue weighted by molar-refractivity contribution is 5.83. The molecule has 0 bridgehead atoms. The van der Waals surface area contributed by atoms with E-state index in [1.165, 1.54) is 0 Å². The molecule has 2 atom stereocenters. The third-order valence-electron chi connectivity index (χ3n) is 4.24. The molecule has 0 saturated carbocycles. The van der Waals surface area contributed by atoms with Crippen molar-refractivity contribution in [1.29, 1.82) is 0 Å². The second kappa shape index (κ2) is 9.19. The van der Waals surface area contributed by atoms with Crippen LogP contribution in [-0.4, -0.2) is 17.7 Å². The first kappa shape index (κ1) is 18.9. The predicted octanol–water partition coefficient (Wildman–Crippen LogP) is 4.97. The van der Waals surface area contributed by atoms with E-state index >= 15 is 0 Å². The molecule has 0 aromatic heterocycles. The quantitative estimate of drug-likeness (QED) is 0.546. The molecule has 3 nitrogen and oxygen atoms in total. The van der Waals surface area contributed by atoms with E-state index in [2.05, 4.69) is 6.58 Å². The van der Waals surface area contributed by atoms with Crippen molar-refractivity contribution in [1.82, 2.24) is 0 Å². The maximum absolute atomic E-state index is 11.8. The van der Waals surface area contributed by atoms with Gasteiger partial charge in [0.15, 0.2) is 0 Å². The minimum atomic E-state index is -0.687. The van der Waals surface area contributed by atoms with Gasteiger partial charge in [0.25, 0.3) is 0 Å². The van der Waals surface area contributed by atoms with Crippen LogP contribution in [-0.2, 0) is 9.53 Å². The highest BCUT2D eigenvalue weighted by atomic mass is 16.5. The molecule has 0 amide bonds. The Labute approximate surface area is 149 Å². The van der Waals surface area contributed by atoms with Gasteiger partial charge < -0.3 is 9.84 Å². The lowest BCUT2D eigenvalue weighted by atomic mass is 9.90. The van der Waals surface area contributed by atoms with Crippen LogP contribution in [0.4, 0.5) is 0 Å². The van der Waals surface area contributed by atoms with E-state index in [4.69, 9.17) is 4.74 Å². The Balaban J connectivity index is 1.97. The van der Waals surface area contributed by atoms with Gasteiger partial charge in [-0.2, -0.15) is 0 Å².